The maximum absolute atomic E-state index is 11.9. The highest BCUT2D eigenvalue weighted by Gasteiger charge is 2.14. The first-order valence-corrected chi connectivity index (χ1v) is 8.10. The summed E-state index contributed by atoms with van der Waals surface area (Å²) in [6.07, 6.45) is 2.21. The normalized spacial score (nSPS) is 10.8. The summed E-state index contributed by atoms with van der Waals surface area (Å²) in [6, 6.07) is 6.47. The van der Waals surface area contributed by atoms with Crippen LogP contribution in [0.2, 0.25) is 0 Å². The Hall–Kier alpha value is -3.01. The fraction of sp³-hybridized carbons (Fsp3) is 0.0769. The summed E-state index contributed by atoms with van der Waals surface area (Å²) in [7, 11) is -3.62. The standard InChI is InChI=1S/C13H13N3O6S/c1-23(20,21)16-9-7-8(4-5-10(9)17)12(18)14-15-13(19)11-3-2-6-22-11/h2-7,16-17H,1H3,(H,14,18)(H,15,19). The third kappa shape index (κ3) is 4.48. The Kier molecular flexibility index (Phi) is 4.55. The van der Waals surface area contributed by atoms with Crippen LogP contribution in [0.5, 0.6) is 5.75 Å². The lowest BCUT2D eigenvalue weighted by Crippen LogP contribution is -2.41. The molecule has 0 aliphatic heterocycles. The molecule has 122 valence electrons. The number of furan rings is 1. The van der Waals surface area contributed by atoms with Gasteiger partial charge in [-0.3, -0.25) is 25.2 Å². The Morgan fingerprint density at radius 1 is 1.13 bits per heavy atom. The molecule has 23 heavy (non-hydrogen) atoms. The van der Waals surface area contributed by atoms with Gasteiger partial charge in [-0.25, -0.2) is 8.42 Å². The molecule has 0 saturated carbocycles. The molecular weight excluding hydrogens is 326 g/mol. The third-order valence-corrected chi connectivity index (χ3v) is 3.18. The van der Waals surface area contributed by atoms with Crippen LogP contribution in [0.3, 0.4) is 0 Å². The SMILES string of the molecule is CS(=O)(=O)Nc1cc(C(=O)NNC(=O)c2ccco2)ccc1O. The van der Waals surface area contributed by atoms with Crippen LogP contribution in [-0.2, 0) is 10.0 Å². The van der Waals surface area contributed by atoms with Gasteiger partial charge >= 0.3 is 5.91 Å². The molecule has 0 saturated heterocycles. The number of benzene rings is 1. The molecule has 2 aromatic rings. The van der Waals surface area contributed by atoms with Crippen LogP contribution >= 0.6 is 0 Å². The van der Waals surface area contributed by atoms with E-state index in [1.54, 1.807) is 0 Å². The monoisotopic (exact) mass is 339 g/mol. The number of rotatable bonds is 4. The molecule has 0 unspecified atom stereocenters. The van der Waals surface area contributed by atoms with Crippen molar-refractivity contribution >= 4 is 27.5 Å². The number of nitrogens with one attached hydrogen (secondary N) is 3. The van der Waals surface area contributed by atoms with E-state index in [4.69, 9.17) is 4.42 Å². The summed E-state index contributed by atoms with van der Waals surface area (Å²) in [5.41, 5.74) is 4.14. The summed E-state index contributed by atoms with van der Waals surface area (Å²) in [6.45, 7) is 0. The van der Waals surface area contributed by atoms with Crippen molar-refractivity contribution < 1.29 is 27.5 Å². The van der Waals surface area contributed by atoms with E-state index in [-0.39, 0.29) is 22.8 Å². The lowest BCUT2D eigenvalue weighted by atomic mass is 10.2. The van der Waals surface area contributed by atoms with Crippen LogP contribution in [0.25, 0.3) is 0 Å². The van der Waals surface area contributed by atoms with E-state index in [1.165, 1.54) is 24.5 Å². The summed E-state index contributed by atoms with van der Waals surface area (Å²) in [5, 5.41) is 9.58. The quantitative estimate of drug-likeness (QED) is 0.471. The Morgan fingerprint density at radius 3 is 2.43 bits per heavy atom. The first-order chi connectivity index (χ1) is 10.8. The molecular formula is C13H13N3O6S. The molecule has 2 rings (SSSR count). The molecule has 1 aromatic carbocycles. The van der Waals surface area contributed by atoms with E-state index < -0.39 is 21.8 Å². The number of phenolic OH excluding ortho intramolecular Hbond substituents is 1. The molecule has 0 fully saturated rings. The molecule has 9 nitrogen and oxygen atoms in total. The maximum atomic E-state index is 11.9. The minimum Gasteiger partial charge on any atom is -0.506 e. The summed E-state index contributed by atoms with van der Waals surface area (Å²) < 4.78 is 29.3. The van der Waals surface area contributed by atoms with Crippen LogP contribution in [0, 0.1) is 0 Å². The van der Waals surface area contributed by atoms with Crippen LogP contribution in [0.1, 0.15) is 20.9 Å². The molecule has 0 aliphatic rings. The number of sulfonamides is 1. The Bertz CT molecular complexity index is 829. The van der Waals surface area contributed by atoms with Gasteiger partial charge in [0, 0.05) is 5.56 Å². The first-order valence-electron chi connectivity index (χ1n) is 6.21. The molecule has 0 aliphatic carbocycles. The number of anilines is 1. The van der Waals surface area contributed by atoms with E-state index in [9.17, 15) is 23.1 Å². The van der Waals surface area contributed by atoms with Crippen molar-refractivity contribution in [3.05, 3.63) is 47.9 Å². The minimum atomic E-state index is -3.62. The lowest BCUT2D eigenvalue weighted by molar-refractivity contribution is 0.0831. The average Bonchev–Trinajstić information content (AvgIpc) is 2.99. The second-order valence-corrected chi connectivity index (χ2v) is 6.24. The van der Waals surface area contributed by atoms with Crippen molar-refractivity contribution in [2.45, 2.75) is 0 Å². The number of phenols is 1. The Morgan fingerprint density at radius 2 is 1.83 bits per heavy atom. The predicted octanol–water partition coefficient (Wildman–Crippen LogP) is 0.432. The third-order valence-electron chi connectivity index (χ3n) is 2.59. The van der Waals surface area contributed by atoms with Gasteiger partial charge in [0.25, 0.3) is 5.91 Å². The maximum Gasteiger partial charge on any atom is 0.305 e. The van der Waals surface area contributed by atoms with Crippen LogP contribution < -0.4 is 15.6 Å². The van der Waals surface area contributed by atoms with Crippen LogP contribution in [0.4, 0.5) is 5.69 Å². The summed E-state index contributed by atoms with van der Waals surface area (Å²) in [4.78, 5) is 23.5. The van der Waals surface area contributed by atoms with Gasteiger partial charge in [-0.15, -0.1) is 0 Å². The first kappa shape index (κ1) is 16.4. The topological polar surface area (TPSA) is 138 Å². The minimum absolute atomic E-state index is 0.00966. The zero-order valence-corrected chi connectivity index (χ0v) is 12.7. The zero-order chi connectivity index (χ0) is 17.0. The molecule has 10 heteroatoms. The van der Waals surface area contributed by atoms with Gasteiger partial charge in [-0.2, -0.15) is 0 Å². The van der Waals surface area contributed by atoms with E-state index >= 15 is 0 Å². The van der Waals surface area contributed by atoms with Gasteiger partial charge in [0.2, 0.25) is 10.0 Å². The van der Waals surface area contributed by atoms with Crippen LogP contribution in [0.15, 0.2) is 41.0 Å². The lowest BCUT2D eigenvalue weighted by Gasteiger charge is -2.10. The Balaban J connectivity index is 2.07. The van der Waals surface area contributed by atoms with E-state index in [0.717, 1.165) is 18.4 Å². The smallest absolute Gasteiger partial charge is 0.305 e. The summed E-state index contributed by atoms with van der Waals surface area (Å²) >= 11 is 0. The molecule has 0 bridgehead atoms. The van der Waals surface area contributed by atoms with E-state index in [2.05, 4.69) is 15.6 Å². The molecule has 1 aromatic heterocycles. The number of hydrogen-bond donors (Lipinski definition) is 4. The fourth-order valence-corrected chi connectivity index (χ4v) is 2.18. The summed E-state index contributed by atoms with van der Waals surface area (Å²) in [5.74, 6) is -1.69. The zero-order valence-electron chi connectivity index (χ0n) is 11.9. The molecule has 1 heterocycles. The van der Waals surface area contributed by atoms with Crippen molar-refractivity contribution in [2.75, 3.05) is 11.0 Å². The number of carbonyl (C=O) groups is 2. The van der Waals surface area contributed by atoms with Gasteiger partial charge in [-0.1, -0.05) is 0 Å². The van der Waals surface area contributed by atoms with E-state index in [0.29, 0.717) is 0 Å². The van der Waals surface area contributed by atoms with Gasteiger partial charge in [-0.05, 0) is 30.3 Å². The molecule has 2 amide bonds. The van der Waals surface area contributed by atoms with Gasteiger partial charge in [0.1, 0.15) is 5.75 Å². The van der Waals surface area contributed by atoms with Gasteiger partial charge in [0.15, 0.2) is 5.76 Å². The van der Waals surface area contributed by atoms with E-state index in [1.807, 2.05) is 0 Å². The number of carbonyl (C=O) groups excluding carboxylic acids is 2. The molecule has 4 N–H and O–H groups in total. The molecule has 0 radical (unpaired) electrons. The average molecular weight is 339 g/mol. The van der Waals surface area contributed by atoms with Crippen molar-refractivity contribution in [3.63, 3.8) is 0 Å². The van der Waals surface area contributed by atoms with Crippen molar-refractivity contribution in [1.29, 1.82) is 0 Å². The fourth-order valence-electron chi connectivity index (χ4n) is 1.61. The predicted molar refractivity (Wildman–Crippen MR) is 80.2 cm³/mol. The Labute approximate surface area is 131 Å². The number of aromatic hydroxyl groups is 1. The number of amides is 2. The molecule has 0 spiro atoms. The van der Waals surface area contributed by atoms with Crippen molar-refractivity contribution in [3.8, 4) is 5.75 Å². The highest BCUT2D eigenvalue weighted by Crippen LogP contribution is 2.24. The number of hydrogen-bond acceptors (Lipinski definition) is 6. The highest BCUT2D eigenvalue weighted by molar-refractivity contribution is 7.92. The van der Waals surface area contributed by atoms with Crippen molar-refractivity contribution in [1.82, 2.24) is 10.9 Å². The number of hydrazine groups is 1. The highest BCUT2D eigenvalue weighted by atomic mass is 32.2. The largest absolute Gasteiger partial charge is 0.506 e. The van der Waals surface area contributed by atoms with Gasteiger partial charge < -0.3 is 9.52 Å². The second-order valence-electron chi connectivity index (χ2n) is 4.49. The van der Waals surface area contributed by atoms with Crippen molar-refractivity contribution in [2.24, 2.45) is 0 Å². The molecule has 0 atom stereocenters. The van der Waals surface area contributed by atoms with Gasteiger partial charge in [0.05, 0.1) is 18.2 Å². The van der Waals surface area contributed by atoms with Crippen LogP contribution in [-0.4, -0.2) is 31.6 Å². The second kappa shape index (κ2) is 6.40.